The highest BCUT2D eigenvalue weighted by Gasteiger charge is 2.41. The molecule has 0 amide bonds. The van der Waals surface area contributed by atoms with E-state index in [2.05, 4.69) is 0 Å². The second kappa shape index (κ2) is 4.93. The van der Waals surface area contributed by atoms with Gasteiger partial charge >= 0.3 is 0 Å². The summed E-state index contributed by atoms with van der Waals surface area (Å²) >= 11 is 0. The summed E-state index contributed by atoms with van der Waals surface area (Å²) in [5, 5.41) is 0.334. The van der Waals surface area contributed by atoms with Gasteiger partial charge in [-0.3, -0.25) is 4.21 Å². The average molecular weight is 231 g/mol. The van der Waals surface area contributed by atoms with E-state index in [9.17, 15) is 4.21 Å². The molecule has 2 atom stereocenters. The zero-order valence-corrected chi connectivity index (χ0v) is 10.1. The van der Waals surface area contributed by atoms with Crippen LogP contribution in [0, 0.1) is 0 Å². The summed E-state index contributed by atoms with van der Waals surface area (Å²) in [5.74, 6) is 0.654. The van der Waals surface area contributed by atoms with E-state index in [0.29, 0.717) is 17.5 Å². The summed E-state index contributed by atoms with van der Waals surface area (Å²) < 4.78 is 17.8. The van der Waals surface area contributed by atoms with Crippen LogP contribution < -0.4 is 5.73 Å². The Bertz CT molecular complexity index is 239. The fourth-order valence-corrected chi connectivity index (χ4v) is 4.27. The van der Waals surface area contributed by atoms with Crippen molar-refractivity contribution in [2.45, 2.75) is 49.4 Å². The maximum atomic E-state index is 11.9. The van der Waals surface area contributed by atoms with Crippen LogP contribution >= 0.6 is 0 Å². The first-order chi connectivity index (χ1) is 7.26. The Morgan fingerprint density at radius 1 is 1.40 bits per heavy atom. The van der Waals surface area contributed by atoms with E-state index >= 15 is 0 Å². The van der Waals surface area contributed by atoms with Gasteiger partial charge in [0.15, 0.2) is 0 Å². The van der Waals surface area contributed by atoms with Gasteiger partial charge in [-0.15, -0.1) is 0 Å². The standard InChI is InChI=1S/C11H21NO2S/c12-6-8-15(13)10-3-7-14-11(9-10)4-1-2-5-11/h10H,1-9,12H2. The van der Waals surface area contributed by atoms with Crippen LogP contribution in [0.25, 0.3) is 0 Å². The zero-order chi connectivity index (χ0) is 10.7. The molecule has 1 spiro atoms. The van der Waals surface area contributed by atoms with Gasteiger partial charge in [-0.25, -0.2) is 0 Å². The highest BCUT2D eigenvalue weighted by Crippen LogP contribution is 2.41. The molecule has 2 N–H and O–H groups in total. The molecule has 4 heteroatoms. The Labute approximate surface area is 94.2 Å². The maximum absolute atomic E-state index is 11.9. The summed E-state index contributed by atoms with van der Waals surface area (Å²) in [5.41, 5.74) is 5.55. The SMILES string of the molecule is NCCS(=O)C1CCOC2(CCCC2)C1. The van der Waals surface area contributed by atoms with Crippen LogP contribution in [0.4, 0.5) is 0 Å². The largest absolute Gasteiger partial charge is 0.375 e. The van der Waals surface area contributed by atoms with Crippen molar-refractivity contribution < 1.29 is 8.95 Å². The van der Waals surface area contributed by atoms with Crippen LogP contribution in [0.3, 0.4) is 0 Å². The molecule has 2 fully saturated rings. The normalized spacial score (nSPS) is 31.9. The third-order valence-electron chi connectivity index (χ3n) is 3.65. The van der Waals surface area contributed by atoms with E-state index in [1.165, 1.54) is 25.7 Å². The molecule has 0 radical (unpaired) electrons. The van der Waals surface area contributed by atoms with Crippen molar-refractivity contribution in [3.8, 4) is 0 Å². The van der Waals surface area contributed by atoms with E-state index in [1.54, 1.807) is 0 Å². The number of ether oxygens (including phenoxy) is 1. The summed E-state index contributed by atoms with van der Waals surface area (Å²) in [6.07, 6.45) is 6.84. The number of hydrogen-bond acceptors (Lipinski definition) is 3. The van der Waals surface area contributed by atoms with Crippen molar-refractivity contribution >= 4 is 10.8 Å². The Morgan fingerprint density at radius 2 is 2.13 bits per heavy atom. The van der Waals surface area contributed by atoms with Crippen molar-refractivity contribution in [2.24, 2.45) is 5.73 Å². The second-order valence-electron chi connectivity index (χ2n) is 4.73. The molecule has 0 aromatic carbocycles. The molecule has 0 aromatic heterocycles. The van der Waals surface area contributed by atoms with Crippen molar-refractivity contribution in [1.82, 2.24) is 0 Å². The zero-order valence-electron chi connectivity index (χ0n) is 9.24. The van der Waals surface area contributed by atoms with Crippen LogP contribution in [-0.2, 0) is 15.5 Å². The van der Waals surface area contributed by atoms with E-state index in [4.69, 9.17) is 10.5 Å². The second-order valence-corrected chi connectivity index (χ2v) is 6.56. The van der Waals surface area contributed by atoms with Crippen molar-refractivity contribution in [2.75, 3.05) is 18.9 Å². The maximum Gasteiger partial charge on any atom is 0.0694 e. The van der Waals surface area contributed by atoms with E-state index in [1.807, 2.05) is 0 Å². The monoisotopic (exact) mass is 231 g/mol. The molecule has 2 unspecified atom stereocenters. The average Bonchev–Trinajstić information content (AvgIpc) is 2.67. The first-order valence-electron chi connectivity index (χ1n) is 5.97. The Hall–Kier alpha value is 0.0700. The molecule has 1 saturated carbocycles. The van der Waals surface area contributed by atoms with Gasteiger partial charge in [0.1, 0.15) is 0 Å². The lowest BCUT2D eigenvalue weighted by atomic mass is 9.92. The Kier molecular flexibility index (Phi) is 3.80. The molecule has 0 aromatic rings. The molecule has 88 valence electrons. The lowest BCUT2D eigenvalue weighted by Crippen LogP contribution is -2.42. The van der Waals surface area contributed by atoms with Crippen LogP contribution in [0.5, 0.6) is 0 Å². The topological polar surface area (TPSA) is 52.3 Å². The third kappa shape index (κ3) is 2.60. The van der Waals surface area contributed by atoms with Crippen LogP contribution in [0.15, 0.2) is 0 Å². The molecule has 0 bridgehead atoms. The predicted octanol–water partition coefficient (Wildman–Crippen LogP) is 1.19. The van der Waals surface area contributed by atoms with Crippen molar-refractivity contribution in [3.63, 3.8) is 0 Å². The first kappa shape index (κ1) is 11.6. The molecular formula is C11H21NO2S. The molecule has 15 heavy (non-hydrogen) atoms. The molecule has 2 aliphatic rings. The molecule has 1 saturated heterocycles. The lowest BCUT2D eigenvalue weighted by molar-refractivity contribution is -0.0708. The summed E-state index contributed by atoms with van der Waals surface area (Å²) in [6.45, 7) is 1.33. The number of rotatable bonds is 3. The highest BCUT2D eigenvalue weighted by atomic mass is 32.2. The number of hydrogen-bond donors (Lipinski definition) is 1. The van der Waals surface area contributed by atoms with Gasteiger partial charge in [0, 0.05) is 35.0 Å². The minimum atomic E-state index is -0.734. The van der Waals surface area contributed by atoms with Gasteiger partial charge in [0.05, 0.1) is 5.60 Å². The van der Waals surface area contributed by atoms with Crippen LogP contribution in [0.1, 0.15) is 38.5 Å². The van der Waals surface area contributed by atoms with Gasteiger partial charge in [-0.2, -0.15) is 0 Å². The molecule has 1 aliphatic carbocycles. The molecular weight excluding hydrogens is 210 g/mol. The highest BCUT2D eigenvalue weighted by molar-refractivity contribution is 7.85. The minimum absolute atomic E-state index is 0.0905. The van der Waals surface area contributed by atoms with Crippen molar-refractivity contribution in [1.29, 1.82) is 0 Å². The molecule has 1 heterocycles. The summed E-state index contributed by atoms with van der Waals surface area (Å²) in [6, 6.07) is 0. The van der Waals surface area contributed by atoms with Gasteiger partial charge in [-0.1, -0.05) is 12.8 Å². The van der Waals surface area contributed by atoms with E-state index in [0.717, 1.165) is 19.4 Å². The minimum Gasteiger partial charge on any atom is -0.375 e. The number of nitrogens with two attached hydrogens (primary N) is 1. The first-order valence-corrected chi connectivity index (χ1v) is 7.35. The molecule has 2 rings (SSSR count). The van der Waals surface area contributed by atoms with Gasteiger partial charge in [-0.05, 0) is 25.7 Å². The van der Waals surface area contributed by atoms with Crippen molar-refractivity contribution in [3.05, 3.63) is 0 Å². The van der Waals surface area contributed by atoms with Crippen LogP contribution in [-0.4, -0.2) is 34.0 Å². The summed E-state index contributed by atoms with van der Waals surface area (Å²) in [4.78, 5) is 0. The molecule has 1 aliphatic heterocycles. The summed E-state index contributed by atoms with van der Waals surface area (Å²) in [7, 11) is -0.734. The predicted molar refractivity (Wildman–Crippen MR) is 62.2 cm³/mol. The van der Waals surface area contributed by atoms with Gasteiger partial charge in [0.2, 0.25) is 0 Å². The third-order valence-corrected chi connectivity index (χ3v) is 5.44. The van der Waals surface area contributed by atoms with E-state index in [-0.39, 0.29) is 5.60 Å². The Morgan fingerprint density at radius 3 is 2.80 bits per heavy atom. The van der Waals surface area contributed by atoms with Gasteiger partial charge in [0.25, 0.3) is 0 Å². The fourth-order valence-electron chi connectivity index (χ4n) is 2.86. The quantitative estimate of drug-likeness (QED) is 0.793. The Balaban J connectivity index is 1.94. The van der Waals surface area contributed by atoms with Crippen LogP contribution in [0.2, 0.25) is 0 Å². The van der Waals surface area contributed by atoms with E-state index < -0.39 is 10.8 Å². The fraction of sp³-hybridized carbons (Fsp3) is 1.00. The smallest absolute Gasteiger partial charge is 0.0694 e. The molecule has 3 nitrogen and oxygen atoms in total. The lowest BCUT2D eigenvalue weighted by Gasteiger charge is -2.37. The van der Waals surface area contributed by atoms with Gasteiger partial charge < -0.3 is 10.5 Å².